The van der Waals surface area contributed by atoms with Crippen LogP contribution in [-0.4, -0.2) is 61.0 Å². The lowest BCUT2D eigenvalue weighted by molar-refractivity contribution is -0.134. The van der Waals surface area contributed by atoms with E-state index in [0.29, 0.717) is 30.3 Å². The summed E-state index contributed by atoms with van der Waals surface area (Å²) in [6, 6.07) is 0.531. The average molecular weight is 283 g/mol. The molecule has 1 aliphatic rings. The zero-order valence-electron chi connectivity index (χ0n) is 14.0. The fourth-order valence-electron chi connectivity index (χ4n) is 2.88. The molecule has 1 rings (SSSR count). The summed E-state index contributed by atoms with van der Waals surface area (Å²) in [6.45, 7) is 16.2. The zero-order valence-corrected chi connectivity index (χ0v) is 14.0. The standard InChI is InChI=1S/C16H33N3O/c1-6-18(15-7-8-17-9-15)12-16(20)19(10-13(2)3)11-14(4)5/h13-15,17H,6-12H2,1-5H3. The van der Waals surface area contributed by atoms with E-state index >= 15 is 0 Å². The fourth-order valence-corrected chi connectivity index (χ4v) is 2.88. The van der Waals surface area contributed by atoms with E-state index in [1.807, 2.05) is 0 Å². The van der Waals surface area contributed by atoms with Gasteiger partial charge >= 0.3 is 0 Å². The van der Waals surface area contributed by atoms with Crippen LogP contribution in [0.4, 0.5) is 0 Å². The summed E-state index contributed by atoms with van der Waals surface area (Å²) in [5, 5.41) is 3.39. The molecule has 0 bridgehead atoms. The summed E-state index contributed by atoms with van der Waals surface area (Å²) in [5.41, 5.74) is 0. The van der Waals surface area contributed by atoms with E-state index < -0.39 is 0 Å². The first-order valence-electron chi connectivity index (χ1n) is 8.16. The Bertz CT molecular complexity index is 275. The third-order valence-corrected chi connectivity index (χ3v) is 3.82. The molecule has 0 radical (unpaired) electrons. The molecule has 1 saturated heterocycles. The van der Waals surface area contributed by atoms with Gasteiger partial charge < -0.3 is 10.2 Å². The molecule has 1 aliphatic heterocycles. The Hall–Kier alpha value is -0.610. The van der Waals surface area contributed by atoms with Gasteiger partial charge in [-0.3, -0.25) is 9.69 Å². The topological polar surface area (TPSA) is 35.6 Å². The van der Waals surface area contributed by atoms with Crippen LogP contribution in [0.15, 0.2) is 0 Å². The molecule has 20 heavy (non-hydrogen) atoms. The number of hydrogen-bond acceptors (Lipinski definition) is 3. The summed E-state index contributed by atoms with van der Waals surface area (Å²) in [4.78, 5) is 17.0. The van der Waals surface area contributed by atoms with Crippen LogP contribution < -0.4 is 5.32 Å². The summed E-state index contributed by atoms with van der Waals surface area (Å²) in [6.07, 6.45) is 1.16. The molecule has 1 atom stereocenters. The van der Waals surface area contributed by atoms with Gasteiger partial charge in [-0.15, -0.1) is 0 Å². The van der Waals surface area contributed by atoms with Crippen LogP contribution in [0.25, 0.3) is 0 Å². The Morgan fingerprint density at radius 1 is 1.20 bits per heavy atom. The minimum Gasteiger partial charge on any atom is -0.341 e. The maximum absolute atomic E-state index is 12.6. The molecule has 118 valence electrons. The van der Waals surface area contributed by atoms with Crippen molar-refractivity contribution in [3.8, 4) is 0 Å². The highest BCUT2D eigenvalue weighted by Gasteiger charge is 2.25. The van der Waals surface area contributed by atoms with Crippen molar-refractivity contribution in [1.82, 2.24) is 15.1 Å². The van der Waals surface area contributed by atoms with E-state index in [-0.39, 0.29) is 0 Å². The molecule has 0 saturated carbocycles. The molecular formula is C16H33N3O. The first-order chi connectivity index (χ1) is 9.43. The van der Waals surface area contributed by atoms with Gasteiger partial charge in [0.1, 0.15) is 0 Å². The van der Waals surface area contributed by atoms with Crippen molar-refractivity contribution < 1.29 is 4.79 Å². The van der Waals surface area contributed by atoms with Crippen molar-refractivity contribution in [2.75, 3.05) is 39.3 Å². The van der Waals surface area contributed by atoms with Crippen molar-refractivity contribution in [3.63, 3.8) is 0 Å². The molecule has 4 heteroatoms. The molecule has 4 nitrogen and oxygen atoms in total. The fraction of sp³-hybridized carbons (Fsp3) is 0.938. The third kappa shape index (κ3) is 5.80. The number of nitrogens with one attached hydrogen (secondary N) is 1. The second-order valence-corrected chi connectivity index (χ2v) is 6.80. The van der Waals surface area contributed by atoms with Crippen LogP contribution >= 0.6 is 0 Å². The van der Waals surface area contributed by atoms with Gasteiger partial charge in [0.05, 0.1) is 6.54 Å². The summed E-state index contributed by atoms with van der Waals surface area (Å²) < 4.78 is 0. The molecule has 0 spiro atoms. The van der Waals surface area contributed by atoms with E-state index in [9.17, 15) is 4.79 Å². The van der Waals surface area contributed by atoms with Gasteiger partial charge in [-0.2, -0.15) is 0 Å². The number of likely N-dealkylation sites (N-methyl/N-ethyl adjacent to an activating group) is 1. The number of hydrogen-bond donors (Lipinski definition) is 1. The van der Waals surface area contributed by atoms with Crippen LogP contribution in [-0.2, 0) is 4.79 Å². The second kappa shape index (κ2) is 8.63. The monoisotopic (exact) mass is 283 g/mol. The van der Waals surface area contributed by atoms with Crippen LogP contribution in [0.2, 0.25) is 0 Å². The lowest BCUT2D eigenvalue weighted by Gasteiger charge is -2.31. The van der Waals surface area contributed by atoms with Crippen LogP contribution in [0.5, 0.6) is 0 Å². The van der Waals surface area contributed by atoms with Crippen LogP contribution in [0, 0.1) is 11.8 Å². The minimum atomic E-state index is 0.293. The van der Waals surface area contributed by atoms with Gasteiger partial charge in [-0.25, -0.2) is 0 Å². The Labute approximate surface area is 124 Å². The van der Waals surface area contributed by atoms with Gasteiger partial charge in [0.25, 0.3) is 0 Å². The van der Waals surface area contributed by atoms with Crippen molar-refractivity contribution >= 4 is 5.91 Å². The SMILES string of the molecule is CCN(CC(=O)N(CC(C)C)CC(C)C)C1CCNC1. The predicted molar refractivity (Wildman–Crippen MR) is 84.8 cm³/mol. The predicted octanol–water partition coefficient (Wildman–Crippen LogP) is 1.81. The third-order valence-electron chi connectivity index (χ3n) is 3.82. The Kier molecular flexibility index (Phi) is 7.52. The van der Waals surface area contributed by atoms with E-state index in [4.69, 9.17) is 0 Å². The van der Waals surface area contributed by atoms with Gasteiger partial charge in [-0.05, 0) is 31.3 Å². The summed E-state index contributed by atoms with van der Waals surface area (Å²) in [5.74, 6) is 1.35. The molecule has 1 amide bonds. The smallest absolute Gasteiger partial charge is 0.236 e. The highest BCUT2D eigenvalue weighted by molar-refractivity contribution is 5.78. The normalized spacial score (nSPS) is 19.3. The molecule has 0 aliphatic carbocycles. The number of nitrogens with zero attached hydrogens (tertiary/aromatic N) is 2. The molecule has 1 heterocycles. The quantitative estimate of drug-likeness (QED) is 0.738. The lowest BCUT2D eigenvalue weighted by atomic mass is 10.1. The van der Waals surface area contributed by atoms with Crippen molar-refractivity contribution in [2.45, 2.75) is 47.1 Å². The Morgan fingerprint density at radius 2 is 1.80 bits per heavy atom. The number of carbonyl (C=O) groups is 1. The minimum absolute atomic E-state index is 0.293. The molecular weight excluding hydrogens is 250 g/mol. The number of amides is 1. The summed E-state index contributed by atoms with van der Waals surface area (Å²) in [7, 11) is 0. The van der Waals surface area contributed by atoms with Crippen molar-refractivity contribution in [2.24, 2.45) is 11.8 Å². The van der Waals surface area contributed by atoms with E-state index in [2.05, 4.69) is 49.7 Å². The largest absolute Gasteiger partial charge is 0.341 e. The first-order valence-corrected chi connectivity index (χ1v) is 8.16. The van der Waals surface area contributed by atoms with Gasteiger partial charge in [0.2, 0.25) is 5.91 Å². The highest BCUT2D eigenvalue weighted by atomic mass is 16.2. The summed E-state index contributed by atoms with van der Waals surface area (Å²) >= 11 is 0. The Balaban J connectivity index is 2.57. The maximum atomic E-state index is 12.6. The first kappa shape index (κ1) is 17.4. The number of rotatable bonds is 8. The van der Waals surface area contributed by atoms with Crippen LogP contribution in [0.1, 0.15) is 41.0 Å². The molecule has 1 fully saturated rings. The number of carbonyl (C=O) groups excluding carboxylic acids is 1. The van der Waals surface area contributed by atoms with Crippen LogP contribution in [0.3, 0.4) is 0 Å². The van der Waals surface area contributed by atoms with Crippen molar-refractivity contribution in [1.29, 1.82) is 0 Å². The second-order valence-electron chi connectivity index (χ2n) is 6.80. The van der Waals surface area contributed by atoms with Crippen molar-refractivity contribution in [3.05, 3.63) is 0 Å². The zero-order chi connectivity index (χ0) is 15.1. The van der Waals surface area contributed by atoms with Gasteiger partial charge in [0, 0.05) is 25.7 Å². The molecule has 0 aromatic carbocycles. The highest BCUT2D eigenvalue weighted by Crippen LogP contribution is 2.10. The molecule has 1 N–H and O–H groups in total. The molecule has 1 unspecified atom stereocenters. The van der Waals surface area contributed by atoms with Gasteiger partial charge in [-0.1, -0.05) is 34.6 Å². The van der Waals surface area contributed by atoms with E-state index in [1.165, 1.54) is 0 Å². The van der Waals surface area contributed by atoms with E-state index in [1.54, 1.807) is 0 Å². The molecule has 0 aromatic heterocycles. The lowest BCUT2D eigenvalue weighted by Crippen LogP contribution is -2.47. The Morgan fingerprint density at radius 3 is 2.20 bits per heavy atom. The van der Waals surface area contributed by atoms with E-state index in [0.717, 1.165) is 39.1 Å². The molecule has 0 aromatic rings. The van der Waals surface area contributed by atoms with Gasteiger partial charge in [0.15, 0.2) is 0 Å². The maximum Gasteiger partial charge on any atom is 0.236 e. The average Bonchev–Trinajstić information content (AvgIpc) is 2.87.